The first-order valence-corrected chi connectivity index (χ1v) is 5.13. The molecule has 15 heavy (non-hydrogen) atoms. The zero-order valence-electron chi connectivity index (χ0n) is 9.34. The van der Waals surface area contributed by atoms with Gasteiger partial charge in [-0.1, -0.05) is 6.92 Å². The van der Waals surface area contributed by atoms with Crippen LogP contribution in [0.2, 0.25) is 0 Å². The minimum absolute atomic E-state index is 0.266. The Bertz CT molecular complexity index is 333. The van der Waals surface area contributed by atoms with Gasteiger partial charge in [-0.3, -0.25) is 4.79 Å². The van der Waals surface area contributed by atoms with Gasteiger partial charge in [0.05, 0.1) is 5.92 Å². The summed E-state index contributed by atoms with van der Waals surface area (Å²) in [4.78, 5) is 14.8. The van der Waals surface area contributed by atoms with Crippen molar-refractivity contribution in [2.45, 2.75) is 39.7 Å². The molecule has 0 aliphatic carbocycles. The fraction of sp³-hybridized carbons (Fsp3) is 0.700. The molecule has 1 aromatic heterocycles. The molecule has 0 aromatic carbocycles. The molecule has 5 nitrogen and oxygen atoms in total. The maximum atomic E-state index is 10.6. The van der Waals surface area contributed by atoms with E-state index in [-0.39, 0.29) is 12.0 Å². The van der Waals surface area contributed by atoms with Gasteiger partial charge in [-0.15, -0.1) is 0 Å². The molecule has 0 saturated carbocycles. The SMILES string of the molecule is CC(CCc1ncnn1C(C)C)C(=O)O. The molecule has 0 bridgehead atoms. The van der Waals surface area contributed by atoms with Crippen LogP contribution in [0.3, 0.4) is 0 Å². The van der Waals surface area contributed by atoms with Crippen LogP contribution in [0.5, 0.6) is 0 Å². The Morgan fingerprint density at radius 3 is 2.73 bits per heavy atom. The van der Waals surface area contributed by atoms with Crippen LogP contribution in [-0.2, 0) is 11.2 Å². The van der Waals surface area contributed by atoms with E-state index in [1.165, 1.54) is 6.33 Å². The average Bonchev–Trinajstić information content (AvgIpc) is 2.61. The molecule has 84 valence electrons. The number of aromatic nitrogens is 3. The monoisotopic (exact) mass is 211 g/mol. The first-order valence-electron chi connectivity index (χ1n) is 5.13. The summed E-state index contributed by atoms with van der Waals surface area (Å²) >= 11 is 0. The predicted molar refractivity (Wildman–Crippen MR) is 55.5 cm³/mol. The topological polar surface area (TPSA) is 68.0 Å². The second-order valence-electron chi connectivity index (χ2n) is 3.99. The number of aliphatic carboxylic acids is 1. The summed E-state index contributed by atoms with van der Waals surface area (Å²) in [5, 5.41) is 12.8. The minimum atomic E-state index is -0.759. The zero-order valence-corrected chi connectivity index (χ0v) is 9.34. The van der Waals surface area contributed by atoms with Gasteiger partial charge >= 0.3 is 5.97 Å². The molecular weight excluding hydrogens is 194 g/mol. The van der Waals surface area contributed by atoms with E-state index in [1.807, 2.05) is 18.5 Å². The van der Waals surface area contributed by atoms with E-state index in [2.05, 4.69) is 10.1 Å². The normalized spacial score (nSPS) is 13.1. The lowest BCUT2D eigenvalue weighted by atomic mass is 10.1. The minimum Gasteiger partial charge on any atom is -0.481 e. The molecule has 0 saturated heterocycles. The van der Waals surface area contributed by atoms with Crippen LogP contribution in [0, 0.1) is 5.92 Å². The fourth-order valence-electron chi connectivity index (χ4n) is 1.35. The third kappa shape index (κ3) is 3.04. The van der Waals surface area contributed by atoms with Crippen molar-refractivity contribution in [3.63, 3.8) is 0 Å². The molecule has 0 spiro atoms. The summed E-state index contributed by atoms with van der Waals surface area (Å²) in [5.74, 6) is -0.231. The van der Waals surface area contributed by atoms with E-state index >= 15 is 0 Å². The van der Waals surface area contributed by atoms with E-state index in [4.69, 9.17) is 5.11 Å². The van der Waals surface area contributed by atoms with Crippen LogP contribution in [0.15, 0.2) is 6.33 Å². The largest absolute Gasteiger partial charge is 0.481 e. The van der Waals surface area contributed by atoms with Gasteiger partial charge in [0, 0.05) is 12.5 Å². The van der Waals surface area contributed by atoms with Gasteiger partial charge < -0.3 is 5.11 Å². The van der Waals surface area contributed by atoms with Crippen LogP contribution < -0.4 is 0 Å². The second-order valence-corrected chi connectivity index (χ2v) is 3.99. The first kappa shape index (κ1) is 11.7. The lowest BCUT2D eigenvalue weighted by Crippen LogP contribution is -2.13. The highest BCUT2D eigenvalue weighted by Crippen LogP contribution is 2.11. The highest BCUT2D eigenvalue weighted by atomic mass is 16.4. The van der Waals surface area contributed by atoms with Gasteiger partial charge in [-0.05, 0) is 20.3 Å². The third-order valence-electron chi connectivity index (χ3n) is 2.36. The number of nitrogens with zero attached hydrogens (tertiary/aromatic N) is 3. The Morgan fingerprint density at radius 1 is 1.53 bits per heavy atom. The number of hydrogen-bond donors (Lipinski definition) is 1. The lowest BCUT2D eigenvalue weighted by molar-refractivity contribution is -0.141. The first-order chi connectivity index (χ1) is 7.02. The maximum Gasteiger partial charge on any atom is 0.306 e. The van der Waals surface area contributed by atoms with E-state index in [0.717, 1.165) is 5.82 Å². The molecule has 1 rings (SSSR count). The highest BCUT2D eigenvalue weighted by Gasteiger charge is 2.13. The Morgan fingerprint density at radius 2 is 2.20 bits per heavy atom. The van der Waals surface area contributed by atoms with Crippen molar-refractivity contribution in [2.75, 3.05) is 0 Å². The van der Waals surface area contributed by atoms with E-state index < -0.39 is 5.97 Å². The smallest absolute Gasteiger partial charge is 0.306 e. The zero-order chi connectivity index (χ0) is 11.4. The molecule has 1 N–H and O–H groups in total. The summed E-state index contributed by atoms with van der Waals surface area (Å²) < 4.78 is 1.83. The maximum absolute atomic E-state index is 10.6. The molecule has 0 radical (unpaired) electrons. The highest BCUT2D eigenvalue weighted by molar-refractivity contribution is 5.69. The molecular formula is C10H17N3O2. The number of carboxylic acids is 1. The quantitative estimate of drug-likeness (QED) is 0.801. The van der Waals surface area contributed by atoms with E-state index in [9.17, 15) is 4.79 Å². The molecule has 0 aliphatic heterocycles. The molecule has 5 heteroatoms. The number of carboxylic acid groups (broad SMARTS) is 1. The molecule has 0 fully saturated rings. The average molecular weight is 211 g/mol. The summed E-state index contributed by atoms with van der Waals surface area (Å²) in [5.41, 5.74) is 0. The van der Waals surface area contributed by atoms with Crippen molar-refractivity contribution < 1.29 is 9.90 Å². The standard InChI is InChI=1S/C10H17N3O2/c1-7(2)13-9(11-6-12-13)5-4-8(3)10(14)15/h6-8H,4-5H2,1-3H3,(H,14,15). The van der Waals surface area contributed by atoms with Crippen molar-refractivity contribution in [1.29, 1.82) is 0 Å². The Labute approximate surface area is 89.1 Å². The van der Waals surface area contributed by atoms with E-state index in [1.54, 1.807) is 6.92 Å². The van der Waals surface area contributed by atoms with Crippen LogP contribution in [0.4, 0.5) is 0 Å². The van der Waals surface area contributed by atoms with Gasteiger partial charge in [0.25, 0.3) is 0 Å². The molecule has 0 aliphatic rings. The van der Waals surface area contributed by atoms with Crippen LogP contribution >= 0.6 is 0 Å². The predicted octanol–water partition coefficient (Wildman–Crippen LogP) is 1.51. The van der Waals surface area contributed by atoms with Crippen molar-refractivity contribution in [2.24, 2.45) is 5.92 Å². The Hall–Kier alpha value is -1.39. The Balaban J connectivity index is 2.57. The second kappa shape index (κ2) is 4.91. The number of carbonyl (C=O) groups is 1. The Kier molecular flexibility index (Phi) is 3.82. The number of rotatable bonds is 5. The van der Waals surface area contributed by atoms with Gasteiger partial charge in [-0.2, -0.15) is 5.10 Å². The molecule has 0 amide bonds. The van der Waals surface area contributed by atoms with Crippen molar-refractivity contribution in [1.82, 2.24) is 14.8 Å². The lowest BCUT2D eigenvalue weighted by Gasteiger charge is -2.10. The summed E-state index contributed by atoms with van der Waals surface area (Å²) in [6, 6.07) is 0.266. The summed E-state index contributed by atoms with van der Waals surface area (Å²) in [6.07, 6.45) is 2.77. The van der Waals surface area contributed by atoms with Crippen LogP contribution in [0.25, 0.3) is 0 Å². The van der Waals surface area contributed by atoms with Crippen molar-refractivity contribution >= 4 is 5.97 Å². The molecule has 1 unspecified atom stereocenters. The molecule has 1 aromatic rings. The van der Waals surface area contributed by atoms with Crippen molar-refractivity contribution in [3.8, 4) is 0 Å². The van der Waals surface area contributed by atoms with Gasteiger partial charge in [0.15, 0.2) is 0 Å². The van der Waals surface area contributed by atoms with Gasteiger partial charge in [0.1, 0.15) is 12.2 Å². The summed E-state index contributed by atoms with van der Waals surface area (Å²) in [6.45, 7) is 5.76. The van der Waals surface area contributed by atoms with Gasteiger partial charge in [-0.25, -0.2) is 9.67 Å². The van der Waals surface area contributed by atoms with Crippen LogP contribution in [0.1, 0.15) is 39.1 Å². The molecule has 1 heterocycles. The van der Waals surface area contributed by atoms with Crippen LogP contribution in [-0.4, -0.2) is 25.8 Å². The number of aryl methyl sites for hydroxylation is 1. The summed E-state index contributed by atoms with van der Waals surface area (Å²) in [7, 11) is 0. The number of hydrogen-bond acceptors (Lipinski definition) is 3. The molecule has 1 atom stereocenters. The van der Waals surface area contributed by atoms with E-state index in [0.29, 0.717) is 12.8 Å². The van der Waals surface area contributed by atoms with Gasteiger partial charge in [0.2, 0.25) is 0 Å². The fourth-order valence-corrected chi connectivity index (χ4v) is 1.35. The van der Waals surface area contributed by atoms with Crippen molar-refractivity contribution in [3.05, 3.63) is 12.2 Å². The third-order valence-corrected chi connectivity index (χ3v) is 2.36.